The third-order valence-corrected chi connectivity index (χ3v) is 6.46. The molecule has 0 spiro atoms. The minimum absolute atomic E-state index is 0.291. The van der Waals surface area contributed by atoms with Crippen LogP contribution in [0.15, 0.2) is 58.3 Å². The van der Waals surface area contributed by atoms with E-state index in [1.165, 1.54) is 35.1 Å². The lowest BCUT2D eigenvalue weighted by atomic mass is 9.81. The number of rotatable bonds is 2. The number of ether oxygens (including phenoxy) is 2. The molecule has 2 aliphatic rings. The minimum Gasteiger partial charge on any atom is -0.469 e. The number of fused-ring (bicyclic) bond motifs is 6. The van der Waals surface area contributed by atoms with E-state index in [2.05, 4.69) is 4.99 Å². The number of nitrogens with zero attached hydrogens (tertiary/aromatic N) is 2. The van der Waals surface area contributed by atoms with Crippen molar-refractivity contribution in [2.24, 2.45) is 10.9 Å². The second-order valence-corrected chi connectivity index (χ2v) is 8.38. The second-order valence-electron chi connectivity index (χ2n) is 7.38. The van der Waals surface area contributed by atoms with Gasteiger partial charge in [-0.3, -0.25) is 14.2 Å². The molecule has 0 amide bonds. The average Bonchev–Trinajstić information content (AvgIpc) is 3.00. The zero-order chi connectivity index (χ0) is 21.0. The van der Waals surface area contributed by atoms with Gasteiger partial charge >= 0.3 is 5.97 Å². The molecule has 0 aliphatic carbocycles. The molecule has 5 rings (SSSR count). The number of carbonyl (C=O) groups excluding carboxylic acids is 1. The summed E-state index contributed by atoms with van der Waals surface area (Å²) in [7, 11) is 1.31. The van der Waals surface area contributed by atoms with Gasteiger partial charge in [-0.05, 0) is 36.8 Å². The lowest BCUT2D eigenvalue weighted by Gasteiger charge is -2.44. The van der Waals surface area contributed by atoms with E-state index in [9.17, 15) is 14.0 Å². The molecule has 2 aromatic carbocycles. The Bertz CT molecular complexity index is 1360. The Morgan fingerprint density at radius 2 is 2.10 bits per heavy atom. The van der Waals surface area contributed by atoms with Gasteiger partial charge in [0.25, 0.3) is 5.56 Å². The number of aromatic nitrogens is 1. The molecule has 152 valence electrons. The van der Waals surface area contributed by atoms with Crippen LogP contribution in [0.4, 0.5) is 4.39 Å². The molecule has 6 nitrogen and oxygen atoms in total. The van der Waals surface area contributed by atoms with Crippen molar-refractivity contribution >= 4 is 23.4 Å². The van der Waals surface area contributed by atoms with Crippen molar-refractivity contribution in [1.29, 1.82) is 0 Å². The highest BCUT2D eigenvalue weighted by atomic mass is 32.1. The van der Waals surface area contributed by atoms with E-state index in [0.29, 0.717) is 20.6 Å². The van der Waals surface area contributed by atoms with E-state index < -0.39 is 23.7 Å². The number of carbonyl (C=O) groups is 1. The van der Waals surface area contributed by atoms with Crippen LogP contribution < -0.4 is 19.6 Å². The second kappa shape index (κ2) is 6.63. The Morgan fingerprint density at radius 1 is 1.30 bits per heavy atom. The molecule has 2 aliphatic heterocycles. The van der Waals surface area contributed by atoms with E-state index >= 15 is 0 Å². The quantitative estimate of drug-likeness (QED) is 0.590. The third kappa shape index (κ3) is 2.71. The molecule has 3 atom stereocenters. The molecule has 1 aromatic heterocycles. The first-order valence-electron chi connectivity index (χ1n) is 9.35. The van der Waals surface area contributed by atoms with E-state index in [4.69, 9.17) is 9.47 Å². The molecule has 0 radical (unpaired) electrons. The van der Waals surface area contributed by atoms with Gasteiger partial charge in [-0.2, -0.15) is 0 Å². The number of benzene rings is 2. The van der Waals surface area contributed by atoms with Crippen LogP contribution in [0, 0.1) is 11.7 Å². The number of hydrogen-bond donors (Lipinski definition) is 0. The van der Waals surface area contributed by atoms with Crippen LogP contribution in [0.3, 0.4) is 0 Å². The van der Waals surface area contributed by atoms with E-state index in [1.54, 1.807) is 31.2 Å². The first kappa shape index (κ1) is 18.7. The van der Waals surface area contributed by atoms with Gasteiger partial charge in [0, 0.05) is 5.56 Å². The van der Waals surface area contributed by atoms with Crippen LogP contribution in [0.5, 0.6) is 5.75 Å². The lowest BCUT2D eigenvalue weighted by Crippen LogP contribution is -2.58. The van der Waals surface area contributed by atoms with Gasteiger partial charge in [0.05, 0.1) is 17.7 Å². The van der Waals surface area contributed by atoms with Crippen molar-refractivity contribution in [3.8, 4) is 5.75 Å². The normalized spacial score (nSPS) is 24.3. The topological polar surface area (TPSA) is 69.9 Å². The van der Waals surface area contributed by atoms with Gasteiger partial charge in [-0.1, -0.05) is 41.7 Å². The van der Waals surface area contributed by atoms with Gasteiger partial charge in [-0.25, -0.2) is 9.38 Å². The summed E-state index contributed by atoms with van der Waals surface area (Å²) in [4.78, 5) is 31.2. The fourth-order valence-corrected chi connectivity index (χ4v) is 5.28. The van der Waals surface area contributed by atoms with E-state index in [0.717, 1.165) is 5.56 Å². The summed E-state index contributed by atoms with van der Waals surface area (Å²) in [6, 6.07) is 12.7. The summed E-state index contributed by atoms with van der Waals surface area (Å²) in [6.07, 6.45) is 1.63. The molecule has 0 saturated heterocycles. The number of halogens is 1. The Hall–Kier alpha value is -3.26. The summed E-state index contributed by atoms with van der Waals surface area (Å²) >= 11 is 1.19. The van der Waals surface area contributed by atoms with Crippen molar-refractivity contribution in [1.82, 2.24) is 4.57 Å². The van der Waals surface area contributed by atoms with Gasteiger partial charge in [0.1, 0.15) is 17.5 Å². The van der Waals surface area contributed by atoms with Gasteiger partial charge in [0.2, 0.25) is 5.72 Å². The molecule has 0 fully saturated rings. The number of methoxy groups -OCH3 is 1. The first-order chi connectivity index (χ1) is 14.4. The maximum Gasteiger partial charge on any atom is 0.317 e. The molecule has 0 unspecified atom stereocenters. The maximum atomic E-state index is 13.6. The predicted octanol–water partition coefficient (Wildman–Crippen LogP) is 2.00. The molecular formula is C22H17FN2O4S. The van der Waals surface area contributed by atoms with Crippen molar-refractivity contribution in [3.63, 3.8) is 0 Å². The Balaban J connectivity index is 1.80. The molecule has 3 heterocycles. The first-order valence-corrected chi connectivity index (χ1v) is 10.2. The van der Waals surface area contributed by atoms with Crippen molar-refractivity contribution in [3.05, 3.63) is 85.2 Å². The predicted molar refractivity (Wildman–Crippen MR) is 108 cm³/mol. The highest BCUT2D eigenvalue weighted by molar-refractivity contribution is 7.07. The monoisotopic (exact) mass is 424 g/mol. The standard InChI is InChI=1S/C22H17FN2O4S/c1-22-17(20(27)28-2)18(14-8-3-4-9-15(14)29-22)25-19(26)16(30-21(25)24-22)11-12-6-5-7-13(23)10-12/h3-11,17-18H,1-2H3/b16-11-/t17-,18-,22+/m0/s1. The zero-order valence-corrected chi connectivity index (χ0v) is 17.0. The maximum absolute atomic E-state index is 13.6. The summed E-state index contributed by atoms with van der Waals surface area (Å²) in [6.45, 7) is 1.72. The summed E-state index contributed by atoms with van der Waals surface area (Å²) in [5, 5.41) is 0. The van der Waals surface area contributed by atoms with Crippen LogP contribution in [-0.2, 0) is 9.53 Å². The van der Waals surface area contributed by atoms with E-state index in [-0.39, 0.29) is 11.4 Å². The molecule has 30 heavy (non-hydrogen) atoms. The molecular weight excluding hydrogens is 407 g/mol. The van der Waals surface area contributed by atoms with E-state index in [1.807, 2.05) is 18.2 Å². The zero-order valence-electron chi connectivity index (χ0n) is 16.2. The summed E-state index contributed by atoms with van der Waals surface area (Å²) in [5.74, 6) is -1.13. The Morgan fingerprint density at radius 3 is 2.87 bits per heavy atom. The fourth-order valence-electron chi connectivity index (χ4n) is 4.18. The van der Waals surface area contributed by atoms with Gasteiger partial charge in [0.15, 0.2) is 4.80 Å². The van der Waals surface area contributed by atoms with Crippen LogP contribution in [0.25, 0.3) is 6.08 Å². The Kier molecular flexibility index (Phi) is 4.14. The molecule has 0 N–H and O–H groups in total. The van der Waals surface area contributed by atoms with Crippen LogP contribution >= 0.6 is 11.3 Å². The lowest BCUT2D eigenvalue weighted by molar-refractivity contribution is -0.158. The highest BCUT2D eigenvalue weighted by Crippen LogP contribution is 2.47. The molecule has 3 aromatic rings. The largest absolute Gasteiger partial charge is 0.469 e. The van der Waals surface area contributed by atoms with Gasteiger partial charge < -0.3 is 9.47 Å². The molecule has 8 heteroatoms. The highest BCUT2D eigenvalue weighted by Gasteiger charge is 2.55. The van der Waals surface area contributed by atoms with Crippen LogP contribution in [-0.4, -0.2) is 23.4 Å². The van der Waals surface area contributed by atoms with Crippen LogP contribution in [0.1, 0.15) is 24.1 Å². The molecule has 0 saturated carbocycles. The van der Waals surface area contributed by atoms with Crippen LogP contribution in [0.2, 0.25) is 0 Å². The van der Waals surface area contributed by atoms with Crippen molar-refractivity contribution in [2.45, 2.75) is 18.7 Å². The van der Waals surface area contributed by atoms with Crippen molar-refractivity contribution < 1.29 is 18.7 Å². The SMILES string of the molecule is COC(=O)[C@@H]1[C@@H]2c3ccccc3O[C@@]1(C)N=c1s/c(=C\c3cccc(F)c3)c(=O)n12. The van der Waals surface area contributed by atoms with Crippen molar-refractivity contribution in [2.75, 3.05) is 7.11 Å². The summed E-state index contributed by atoms with van der Waals surface area (Å²) < 4.78 is 26.7. The number of thiazole rings is 1. The number of para-hydroxylation sites is 1. The third-order valence-electron chi connectivity index (χ3n) is 5.48. The summed E-state index contributed by atoms with van der Waals surface area (Å²) in [5.41, 5.74) is -0.208. The van der Waals surface area contributed by atoms with Gasteiger partial charge in [-0.15, -0.1) is 0 Å². The number of hydrogen-bond acceptors (Lipinski definition) is 6. The molecule has 2 bridgehead atoms. The average molecular weight is 424 g/mol. The fraction of sp³-hybridized carbons (Fsp3) is 0.227. The Labute approximate surface area is 174 Å². The minimum atomic E-state index is -1.21. The smallest absolute Gasteiger partial charge is 0.317 e. The number of esters is 1.